The van der Waals surface area contributed by atoms with Gasteiger partial charge in [0, 0.05) is 11.3 Å². The van der Waals surface area contributed by atoms with Crippen LogP contribution in [0.15, 0.2) is 71.8 Å². The van der Waals surface area contributed by atoms with E-state index in [1.165, 1.54) is 11.8 Å². The van der Waals surface area contributed by atoms with Crippen molar-refractivity contribution in [2.24, 2.45) is 0 Å². The molecule has 3 rings (SSSR count). The number of carbonyl (C=O) groups is 1. The van der Waals surface area contributed by atoms with Gasteiger partial charge in [-0.3, -0.25) is 0 Å². The summed E-state index contributed by atoms with van der Waals surface area (Å²) in [5.41, 5.74) is 3.59. The number of hydrogen-bond donors (Lipinski definition) is 1. The van der Waals surface area contributed by atoms with Gasteiger partial charge in [0.15, 0.2) is 0 Å². The normalized spacial score (nSPS) is 10.2. The van der Waals surface area contributed by atoms with E-state index < -0.39 is 5.97 Å². The minimum absolute atomic E-state index is 0.260. The molecule has 0 atom stereocenters. The molecule has 25 heavy (non-hydrogen) atoms. The number of thioether (sulfide) groups is 1. The molecule has 0 unspecified atom stereocenters. The summed E-state index contributed by atoms with van der Waals surface area (Å²) in [6, 6.07) is 22.3. The Balaban J connectivity index is 1.81. The Bertz CT molecular complexity index is 932. The number of carboxylic acids is 1. The summed E-state index contributed by atoms with van der Waals surface area (Å²) in [5.74, 6) is -0.331. The van der Waals surface area contributed by atoms with Crippen molar-refractivity contribution >= 4 is 17.7 Å². The van der Waals surface area contributed by atoms with Crippen LogP contribution in [0.2, 0.25) is 0 Å². The molecule has 0 radical (unpaired) electrons. The predicted octanol–water partition coefficient (Wildman–Crippen LogP) is 4.61. The molecular weight excluding hydrogens is 332 g/mol. The molecule has 0 aliphatic rings. The Kier molecular flexibility index (Phi) is 5.12. The van der Waals surface area contributed by atoms with Gasteiger partial charge in [-0.1, -0.05) is 42.5 Å². The summed E-state index contributed by atoms with van der Waals surface area (Å²) in [6.07, 6.45) is 0. The topological polar surface area (TPSA) is 74.0 Å². The molecule has 1 N–H and O–H groups in total. The Morgan fingerprint density at radius 1 is 1.04 bits per heavy atom. The van der Waals surface area contributed by atoms with Crippen molar-refractivity contribution in [3.63, 3.8) is 0 Å². The van der Waals surface area contributed by atoms with Crippen LogP contribution in [0.3, 0.4) is 0 Å². The quantitative estimate of drug-likeness (QED) is 0.683. The van der Waals surface area contributed by atoms with Gasteiger partial charge in [0.05, 0.1) is 16.8 Å². The van der Waals surface area contributed by atoms with E-state index in [4.69, 9.17) is 5.11 Å². The van der Waals surface area contributed by atoms with Crippen LogP contribution in [-0.2, 0) is 5.75 Å². The standard InChI is InChI=1S/C20H14N2O2S/c21-12-17-10-11-18(15-4-2-1-3-5-15)22-19(17)25-13-14-6-8-16(9-7-14)20(23)24/h1-11H,13H2,(H,23,24). The Morgan fingerprint density at radius 2 is 1.76 bits per heavy atom. The number of pyridine rings is 1. The Morgan fingerprint density at radius 3 is 2.40 bits per heavy atom. The fourth-order valence-corrected chi connectivity index (χ4v) is 3.23. The number of aromatic nitrogens is 1. The number of nitrogens with zero attached hydrogens (tertiary/aromatic N) is 2. The summed E-state index contributed by atoms with van der Waals surface area (Å²) < 4.78 is 0. The second-order valence-electron chi connectivity index (χ2n) is 5.32. The molecular formula is C20H14N2O2S. The summed E-state index contributed by atoms with van der Waals surface area (Å²) >= 11 is 1.47. The van der Waals surface area contributed by atoms with Gasteiger partial charge >= 0.3 is 5.97 Å². The van der Waals surface area contributed by atoms with Gasteiger partial charge in [-0.05, 0) is 29.8 Å². The van der Waals surface area contributed by atoms with Gasteiger partial charge in [-0.25, -0.2) is 9.78 Å². The zero-order valence-electron chi connectivity index (χ0n) is 13.2. The van der Waals surface area contributed by atoms with Crippen LogP contribution in [0.5, 0.6) is 0 Å². The van der Waals surface area contributed by atoms with Crippen LogP contribution < -0.4 is 0 Å². The van der Waals surface area contributed by atoms with Gasteiger partial charge < -0.3 is 5.11 Å². The molecule has 0 bridgehead atoms. The average molecular weight is 346 g/mol. The number of nitriles is 1. The van der Waals surface area contributed by atoms with E-state index in [9.17, 15) is 10.1 Å². The van der Waals surface area contributed by atoms with E-state index in [2.05, 4.69) is 11.1 Å². The van der Waals surface area contributed by atoms with Crippen LogP contribution in [-0.4, -0.2) is 16.1 Å². The van der Waals surface area contributed by atoms with E-state index >= 15 is 0 Å². The molecule has 0 fully saturated rings. The maximum absolute atomic E-state index is 10.9. The summed E-state index contributed by atoms with van der Waals surface area (Å²) in [7, 11) is 0. The van der Waals surface area contributed by atoms with E-state index in [1.807, 2.05) is 36.4 Å². The molecule has 4 nitrogen and oxygen atoms in total. The highest BCUT2D eigenvalue weighted by Gasteiger charge is 2.09. The first-order valence-corrected chi connectivity index (χ1v) is 8.57. The zero-order chi connectivity index (χ0) is 17.6. The summed E-state index contributed by atoms with van der Waals surface area (Å²) in [4.78, 5) is 15.5. The van der Waals surface area contributed by atoms with Gasteiger partial charge in [0.1, 0.15) is 11.1 Å². The van der Waals surface area contributed by atoms with E-state index in [1.54, 1.807) is 30.3 Å². The molecule has 0 amide bonds. The Hall–Kier alpha value is -3.10. The van der Waals surface area contributed by atoms with E-state index in [0.29, 0.717) is 16.3 Å². The van der Waals surface area contributed by atoms with Gasteiger partial charge in [0.2, 0.25) is 0 Å². The molecule has 3 aromatic rings. The molecule has 1 aromatic heterocycles. The maximum atomic E-state index is 10.9. The molecule has 1 heterocycles. The van der Waals surface area contributed by atoms with Crippen molar-refractivity contribution < 1.29 is 9.90 Å². The van der Waals surface area contributed by atoms with Crippen molar-refractivity contribution in [1.29, 1.82) is 5.26 Å². The lowest BCUT2D eigenvalue weighted by Gasteiger charge is -2.07. The average Bonchev–Trinajstić information content (AvgIpc) is 2.67. The monoisotopic (exact) mass is 346 g/mol. The molecule has 0 aliphatic heterocycles. The van der Waals surface area contributed by atoms with Gasteiger partial charge in [0.25, 0.3) is 0 Å². The maximum Gasteiger partial charge on any atom is 0.335 e. The third-order valence-electron chi connectivity index (χ3n) is 3.63. The highest BCUT2D eigenvalue weighted by atomic mass is 32.2. The first kappa shape index (κ1) is 16.7. The predicted molar refractivity (Wildman–Crippen MR) is 97.4 cm³/mol. The molecule has 0 spiro atoms. The third-order valence-corrected chi connectivity index (χ3v) is 4.69. The van der Waals surface area contributed by atoms with E-state index in [-0.39, 0.29) is 5.56 Å². The minimum Gasteiger partial charge on any atom is -0.478 e. The van der Waals surface area contributed by atoms with Crippen molar-refractivity contribution in [2.45, 2.75) is 10.8 Å². The third kappa shape index (κ3) is 4.06. The smallest absolute Gasteiger partial charge is 0.335 e. The molecule has 2 aromatic carbocycles. The molecule has 0 saturated heterocycles. The summed E-state index contributed by atoms with van der Waals surface area (Å²) in [5, 5.41) is 18.9. The van der Waals surface area contributed by atoms with Gasteiger partial charge in [-0.15, -0.1) is 11.8 Å². The highest BCUT2D eigenvalue weighted by Crippen LogP contribution is 2.27. The van der Waals surface area contributed by atoms with Gasteiger partial charge in [-0.2, -0.15) is 5.26 Å². The molecule has 0 aliphatic carbocycles. The number of carboxylic acid groups (broad SMARTS) is 1. The second-order valence-corrected chi connectivity index (χ2v) is 6.28. The number of benzene rings is 2. The van der Waals surface area contributed by atoms with E-state index in [0.717, 1.165) is 16.8 Å². The fraction of sp³-hybridized carbons (Fsp3) is 0.0500. The fourth-order valence-electron chi connectivity index (χ4n) is 2.30. The lowest BCUT2D eigenvalue weighted by atomic mass is 10.1. The van der Waals surface area contributed by atoms with Crippen LogP contribution in [0.25, 0.3) is 11.3 Å². The molecule has 0 saturated carbocycles. The summed E-state index contributed by atoms with van der Waals surface area (Å²) in [6.45, 7) is 0. The highest BCUT2D eigenvalue weighted by molar-refractivity contribution is 7.98. The zero-order valence-corrected chi connectivity index (χ0v) is 14.0. The lowest BCUT2D eigenvalue weighted by Crippen LogP contribution is -1.96. The van der Waals surface area contributed by atoms with Crippen LogP contribution in [0.1, 0.15) is 21.5 Å². The first-order chi connectivity index (χ1) is 12.2. The van der Waals surface area contributed by atoms with Crippen LogP contribution >= 0.6 is 11.8 Å². The van der Waals surface area contributed by atoms with Crippen LogP contribution in [0.4, 0.5) is 0 Å². The largest absolute Gasteiger partial charge is 0.478 e. The number of rotatable bonds is 5. The number of aromatic carboxylic acids is 1. The van der Waals surface area contributed by atoms with Crippen molar-refractivity contribution in [3.8, 4) is 17.3 Å². The van der Waals surface area contributed by atoms with Crippen LogP contribution in [0, 0.1) is 11.3 Å². The van der Waals surface area contributed by atoms with Crippen molar-refractivity contribution in [1.82, 2.24) is 4.98 Å². The lowest BCUT2D eigenvalue weighted by molar-refractivity contribution is 0.0697. The number of hydrogen-bond acceptors (Lipinski definition) is 4. The minimum atomic E-state index is -0.941. The van der Waals surface area contributed by atoms with Crippen molar-refractivity contribution in [2.75, 3.05) is 0 Å². The SMILES string of the molecule is N#Cc1ccc(-c2ccccc2)nc1SCc1ccc(C(=O)O)cc1. The van der Waals surface area contributed by atoms with Crippen molar-refractivity contribution in [3.05, 3.63) is 83.4 Å². The molecule has 5 heteroatoms. The Labute approximate surface area is 149 Å². The first-order valence-electron chi connectivity index (χ1n) is 7.59. The second kappa shape index (κ2) is 7.65. The molecule has 122 valence electrons.